The van der Waals surface area contributed by atoms with Gasteiger partial charge in [0.2, 0.25) is 0 Å². The highest BCUT2D eigenvalue weighted by Gasteiger charge is 2.01. The SMILES string of the molecule is CCCC(C)N(C)[S]. The number of hydrogen-bond donors (Lipinski definition) is 0. The predicted molar refractivity (Wildman–Crippen MR) is 39.7 cm³/mol. The molecular formula is C6H14NS. The van der Waals surface area contributed by atoms with E-state index in [1.54, 1.807) is 0 Å². The molecule has 1 radical (unpaired) electrons. The highest BCUT2D eigenvalue weighted by atomic mass is 32.1. The first-order valence-electron chi connectivity index (χ1n) is 3.08. The van der Waals surface area contributed by atoms with Gasteiger partial charge in [-0.2, -0.15) is 0 Å². The highest BCUT2D eigenvalue weighted by Crippen LogP contribution is 2.04. The summed E-state index contributed by atoms with van der Waals surface area (Å²) in [6.07, 6.45) is 2.43. The van der Waals surface area contributed by atoms with Crippen molar-refractivity contribution in [2.45, 2.75) is 32.7 Å². The Labute approximate surface area is 57.6 Å². The van der Waals surface area contributed by atoms with E-state index in [2.05, 4.69) is 13.8 Å². The zero-order chi connectivity index (χ0) is 6.57. The van der Waals surface area contributed by atoms with Gasteiger partial charge in [0.1, 0.15) is 0 Å². The number of nitrogens with zero attached hydrogens (tertiary/aromatic N) is 1. The molecule has 1 nitrogen and oxygen atoms in total. The van der Waals surface area contributed by atoms with Crippen LogP contribution in [0.2, 0.25) is 0 Å². The fourth-order valence-electron chi connectivity index (χ4n) is 0.600. The van der Waals surface area contributed by atoms with Crippen LogP contribution in [0.3, 0.4) is 0 Å². The van der Waals surface area contributed by atoms with Crippen LogP contribution in [0, 0.1) is 0 Å². The molecule has 0 aromatic rings. The first-order valence-corrected chi connectivity index (χ1v) is 3.45. The van der Waals surface area contributed by atoms with Crippen LogP contribution >= 0.6 is 12.8 Å². The van der Waals surface area contributed by atoms with Crippen molar-refractivity contribution in [2.75, 3.05) is 7.05 Å². The van der Waals surface area contributed by atoms with Crippen LogP contribution in [0.5, 0.6) is 0 Å². The fourth-order valence-corrected chi connectivity index (χ4v) is 0.705. The molecule has 1 unspecified atom stereocenters. The minimum Gasteiger partial charge on any atom is -0.240 e. The molecule has 0 spiro atoms. The molecule has 0 rings (SSSR count). The van der Waals surface area contributed by atoms with Crippen molar-refractivity contribution < 1.29 is 0 Å². The molecular weight excluding hydrogens is 118 g/mol. The van der Waals surface area contributed by atoms with E-state index < -0.39 is 0 Å². The molecule has 0 aliphatic carbocycles. The van der Waals surface area contributed by atoms with Crippen molar-refractivity contribution in [1.29, 1.82) is 0 Å². The Hall–Kier alpha value is 0.310. The Kier molecular flexibility index (Phi) is 4.38. The van der Waals surface area contributed by atoms with Gasteiger partial charge in [-0.3, -0.25) is 0 Å². The monoisotopic (exact) mass is 132 g/mol. The first-order chi connectivity index (χ1) is 3.68. The summed E-state index contributed by atoms with van der Waals surface area (Å²) in [5.41, 5.74) is 0. The average Bonchev–Trinajstić information content (AvgIpc) is 1.67. The summed E-state index contributed by atoms with van der Waals surface area (Å²) in [5.74, 6) is 0. The molecule has 0 N–H and O–H groups in total. The Morgan fingerprint density at radius 3 is 2.25 bits per heavy atom. The van der Waals surface area contributed by atoms with E-state index in [1.165, 1.54) is 12.8 Å². The Bertz CT molecular complexity index is 54.5. The molecule has 0 heterocycles. The first kappa shape index (κ1) is 8.31. The van der Waals surface area contributed by atoms with Gasteiger partial charge in [0.15, 0.2) is 0 Å². The highest BCUT2D eigenvalue weighted by molar-refractivity contribution is 7.77. The third kappa shape index (κ3) is 3.33. The normalized spacial score (nSPS) is 14.6. The van der Waals surface area contributed by atoms with Crippen LogP contribution < -0.4 is 0 Å². The van der Waals surface area contributed by atoms with Gasteiger partial charge in [0.25, 0.3) is 0 Å². The minimum atomic E-state index is 0.565. The van der Waals surface area contributed by atoms with Crippen molar-refractivity contribution in [2.24, 2.45) is 0 Å². The molecule has 0 aromatic carbocycles. The summed E-state index contributed by atoms with van der Waals surface area (Å²) >= 11 is 4.90. The maximum atomic E-state index is 4.90. The number of rotatable bonds is 3. The lowest BCUT2D eigenvalue weighted by Gasteiger charge is -2.15. The molecule has 0 bridgehead atoms. The molecule has 0 aromatic heterocycles. The third-order valence-corrected chi connectivity index (χ3v) is 1.69. The number of hydrogen-bond acceptors (Lipinski definition) is 1. The van der Waals surface area contributed by atoms with Crippen molar-refractivity contribution in [3.05, 3.63) is 0 Å². The Morgan fingerprint density at radius 1 is 1.62 bits per heavy atom. The maximum Gasteiger partial charge on any atom is 0.0179 e. The molecule has 8 heavy (non-hydrogen) atoms. The lowest BCUT2D eigenvalue weighted by atomic mass is 10.2. The summed E-state index contributed by atoms with van der Waals surface area (Å²) < 4.78 is 1.84. The van der Waals surface area contributed by atoms with Gasteiger partial charge in [0, 0.05) is 18.9 Å². The molecule has 0 aliphatic rings. The van der Waals surface area contributed by atoms with Crippen LogP contribution in [0.1, 0.15) is 26.7 Å². The molecule has 1 atom stereocenters. The van der Waals surface area contributed by atoms with Crippen LogP contribution in [-0.4, -0.2) is 17.4 Å². The quantitative estimate of drug-likeness (QED) is 0.569. The third-order valence-electron chi connectivity index (χ3n) is 1.33. The van der Waals surface area contributed by atoms with Gasteiger partial charge >= 0.3 is 0 Å². The van der Waals surface area contributed by atoms with E-state index in [-0.39, 0.29) is 0 Å². The van der Waals surface area contributed by atoms with E-state index in [9.17, 15) is 0 Å². The van der Waals surface area contributed by atoms with Crippen molar-refractivity contribution in [1.82, 2.24) is 4.31 Å². The molecule has 0 amide bonds. The second-order valence-electron chi connectivity index (χ2n) is 2.18. The van der Waals surface area contributed by atoms with Crippen molar-refractivity contribution in [3.63, 3.8) is 0 Å². The Balaban J connectivity index is 3.17. The summed E-state index contributed by atoms with van der Waals surface area (Å²) in [4.78, 5) is 0. The van der Waals surface area contributed by atoms with E-state index >= 15 is 0 Å². The van der Waals surface area contributed by atoms with Crippen LogP contribution in [0.15, 0.2) is 0 Å². The second-order valence-corrected chi connectivity index (χ2v) is 2.76. The Morgan fingerprint density at radius 2 is 2.12 bits per heavy atom. The maximum absolute atomic E-state index is 4.90. The van der Waals surface area contributed by atoms with Gasteiger partial charge < -0.3 is 0 Å². The van der Waals surface area contributed by atoms with Gasteiger partial charge in [-0.05, 0) is 20.4 Å². The minimum absolute atomic E-state index is 0.565. The van der Waals surface area contributed by atoms with Crippen LogP contribution in [0.4, 0.5) is 0 Å². The van der Waals surface area contributed by atoms with E-state index in [0.29, 0.717) is 6.04 Å². The second kappa shape index (κ2) is 4.21. The van der Waals surface area contributed by atoms with Gasteiger partial charge in [-0.1, -0.05) is 13.3 Å². The van der Waals surface area contributed by atoms with E-state index in [0.717, 1.165) is 0 Å². The molecule has 0 saturated carbocycles. The molecule has 2 heteroatoms. The van der Waals surface area contributed by atoms with E-state index in [1.807, 2.05) is 11.4 Å². The fraction of sp³-hybridized carbons (Fsp3) is 1.00. The molecule has 0 aliphatic heterocycles. The predicted octanol–water partition coefficient (Wildman–Crippen LogP) is 2.22. The topological polar surface area (TPSA) is 3.24 Å². The standard InChI is InChI=1S/C6H14NS/c1-4-5-6(2)7(3)8/h6H,4-5H2,1-3H3. The molecule has 0 fully saturated rings. The lowest BCUT2D eigenvalue weighted by Crippen LogP contribution is -2.18. The molecule has 0 saturated heterocycles. The average molecular weight is 132 g/mol. The summed E-state index contributed by atoms with van der Waals surface area (Å²) in [6.45, 7) is 4.33. The lowest BCUT2D eigenvalue weighted by molar-refractivity contribution is 0.413. The van der Waals surface area contributed by atoms with Crippen LogP contribution in [-0.2, 0) is 0 Å². The van der Waals surface area contributed by atoms with Crippen molar-refractivity contribution >= 4 is 12.8 Å². The summed E-state index contributed by atoms with van der Waals surface area (Å²) in [7, 11) is 1.94. The largest absolute Gasteiger partial charge is 0.240 e. The van der Waals surface area contributed by atoms with Crippen molar-refractivity contribution in [3.8, 4) is 0 Å². The van der Waals surface area contributed by atoms with E-state index in [4.69, 9.17) is 12.8 Å². The zero-order valence-electron chi connectivity index (χ0n) is 5.85. The van der Waals surface area contributed by atoms with Gasteiger partial charge in [0.05, 0.1) is 0 Å². The van der Waals surface area contributed by atoms with Crippen LogP contribution in [0.25, 0.3) is 0 Å². The van der Waals surface area contributed by atoms with Gasteiger partial charge in [-0.15, -0.1) is 0 Å². The smallest absolute Gasteiger partial charge is 0.0179 e. The van der Waals surface area contributed by atoms with Gasteiger partial charge in [-0.25, -0.2) is 4.31 Å². The summed E-state index contributed by atoms with van der Waals surface area (Å²) in [6, 6.07) is 0.565. The zero-order valence-corrected chi connectivity index (χ0v) is 6.66. The molecule has 49 valence electrons. The summed E-state index contributed by atoms with van der Waals surface area (Å²) in [5, 5.41) is 0.